The lowest BCUT2D eigenvalue weighted by molar-refractivity contribution is 0.105. The maximum absolute atomic E-state index is 14.9. The zero-order valence-electron chi connectivity index (χ0n) is 17.4. The molecule has 0 radical (unpaired) electrons. The van der Waals surface area contributed by atoms with E-state index in [4.69, 9.17) is 4.74 Å². The number of hydrogen-bond donors (Lipinski definition) is 1. The third-order valence-corrected chi connectivity index (χ3v) is 8.78. The summed E-state index contributed by atoms with van der Waals surface area (Å²) in [6.45, 7) is 0. The third kappa shape index (κ3) is 4.07. The number of ether oxygens (including phenoxy) is 1. The van der Waals surface area contributed by atoms with E-state index in [9.17, 15) is 9.67 Å². The predicted octanol–water partition coefficient (Wildman–Crippen LogP) is 4.95. The quantitative estimate of drug-likeness (QED) is 0.424. The fraction of sp³-hybridized carbons (Fsp3) is 0.111. The van der Waals surface area contributed by atoms with Crippen molar-refractivity contribution < 1.29 is 14.4 Å². The SMILES string of the molecule is COc1ccccc1[P@](=O)(CC(O)(c1ccccc1)c1ccccc1)c1ccccc1. The molecule has 4 aromatic carbocycles. The van der Waals surface area contributed by atoms with Gasteiger partial charge in [0.1, 0.15) is 18.5 Å². The van der Waals surface area contributed by atoms with E-state index in [1.165, 1.54) is 0 Å². The molecule has 0 unspecified atom stereocenters. The summed E-state index contributed by atoms with van der Waals surface area (Å²) in [7, 11) is -1.73. The third-order valence-electron chi connectivity index (χ3n) is 5.60. The normalized spacial score (nSPS) is 13.4. The first-order chi connectivity index (χ1) is 15.1. The monoisotopic (exact) mass is 428 g/mol. The van der Waals surface area contributed by atoms with E-state index in [0.717, 1.165) is 0 Å². The Balaban J connectivity index is 1.96. The minimum atomic E-state index is -3.31. The van der Waals surface area contributed by atoms with Crippen LogP contribution < -0.4 is 15.3 Å². The van der Waals surface area contributed by atoms with Crippen molar-refractivity contribution in [2.75, 3.05) is 13.3 Å². The van der Waals surface area contributed by atoms with Crippen LogP contribution in [0.25, 0.3) is 0 Å². The Kier molecular flexibility index (Phi) is 6.08. The molecule has 0 saturated carbocycles. The van der Waals surface area contributed by atoms with Crippen molar-refractivity contribution in [3.8, 4) is 5.75 Å². The second-order valence-corrected chi connectivity index (χ2v) is 10.3. The smallest absolute Gasteiger partial charge is 0.150 e. The number of methoxy groups -OCH3 is 1. The molecule has 1 N–H and O–H groups in total. The van der Waals surface area contributed by atoms with Gasteiger partial charge in [0.05, 0.1) is 12.4 Å². The first kappa shape index (κ1) is 21.1. The van der Waals surface area contributed by atoms with Crippen LogP contribution in [0.3, 0.4) is 0 Å². The Morgan fingerprint density at radius 2 is 1.16 bits per heavy atom. The van der Waals surface area contributed by atoms with Gasteiger partial charge in [-0.15, -0.1) is 0 Å². The van der Waals surface area contributed by atoms with Gasteiger partial charge in [0.25, 0.3) is 0 Å². The first-order valence-electron chi connectivity index (χ1n) is 10.2. The number of rotatable bonds is 7. The predicted molar refractivity (Wildman–Crippen MR) is 127 cm³/mol. The number of hydrogen-bond acceptors (Lipinski definition) is 3. The van der Waals surface area contributed by atoms with E-state index in [1.807, 2.05) is 115 Å². The van der Waals surface area contributed by atoms with Gasteiger partial charge in [-0.2, -0.15) is 0 Å². The largest absolute Gasteiger partial charge is 0.496 e. The number of aliphatic hydroxyl groups is 1. The van der Waals surface area contributed by atoms with E-state index in [-0.39, 0.29) is 6.16 Å². The molecule has 4 rings (SSSR count). The van der Waals surface area contributed by atoms with Gasteiger partial charge in [-0.3, -0.25) is 0 Å². The Labute approximate surface area is 183 Å². The Hall–Kier alpha value is -3.13. The van der Waals surface area contributed by atoms with Gasteiger partial charge in [-0.1, -0.05) is 103 Å². The van der Waals surface area contributed by atoms with E-state index < -0.39 is 12.7 Å². The number of para-hydroxylation sites is 1. The summed E-state index contributed by atoms with van der Waals surface area (Å²) in [5, 5.41) is 13.5. The summed E-state index contributed by atoms with van der Waals surface area (Å²) in [5.41, 5.74) is -0.0473. The van der Waals surface area contributed by atoms with E-state index in [1.54, 1.807) is 7.11 Å². The maximum atomic E-state index is 14.9. The topological polar surface area (TPSA) is 46.5 Å². The Morgan fingerprint density at radius 3 is 1.68 bits per heavy atom. The van der Waals surface area contributed by atoms with Crippen molar-refractivity contribution in [1.82, 2.24) is 0 Å². The molecular formula is C27H25O3P. The van der Waals surface area contributed by atoms with Crippen LogP contribution in [-0.2, 0) is 10.2 Å². The molecule has 3 nitrogen and oxygen atoms in total. The van der Waals surface area contributed by atoms with Crippen molar-refractivity contribution >= 4 is 17.8 Å². The lowest BCUT2D eigenvalue weighted by atomic mass is 9.88. The van der Waals surface area contributed by atoms with E-state index >= 15 is 0 Å². The van der Waals surface area contributed by atoms with E-state index in [2.05, 4.69) is 0 Å². The second kappa shape index (κ2) is 8.93. The summed E-state index contributed by atoms with van der Waals surface area (Å²) in [6, 6.07) is 35.6. The lowest BCUT2D eigenvalue weighted by Gasteiger charge is -2.34. The fourth-order valence-corrected chi connectivity index (χ4v) is 7.15. The molecule has 0 bridgehead atoms. The van der Waals surface area contributed by atoms with Gasteiger partial charge in [-0.25, -0.2) is 0 Å². The summed E-state index contributed by atoms with van der Waals surface area (Å²) in [5.74, 6) is 0.554. The van der Waals surface area contributed by atoms with Crippen molar-refractivity contribution in [2.45, 2.75) is 5.60 Å². The van der Waals surface area contributed by atoms with Gasteiger partial charge in [0, 0.05) is 11.5 Å². The van der Waals surface area contributed by atoms with Crippen molar-refractivity contribution in [3.05, 3.63) is 126 Å². The molecule has 0 amide bonds. The van der Waals surface area contributed by atoms with Gasteiger partial charge in [0.15, 0.2) is 0 Å². The standard InChI is InChI=1S/C27H25O3P/c1-30-25-19-11-12-20-26(25)31(29,24-17-9-4-10-18-24)21-27(28,22-13-5-2-6-14-22)23-15-7-3-8-16-23/h2-20,28H,21H2,1H3/t31-/m0/s1. The fourth-order valence-electron chi connectivity index (χ4n) is 4.01. The molecule has 0 aliphatic rings. The van der Waals surface area contributed by atoms with Crippen molar-refractivity contribution in [3.63, 3.8) is 0 Å². The highest BCUT2D eigenvalue weighted by atomic mass is 31.2. The van der Waals surface area contributed by atoms with Gasteiger partial charge < -0.3 is 14.4 Å². The molecule has 4 aromatic rings. The summed E-state index contributed by atoms with van der Waals surface area (Å²) >= 11 is 0. The average molecular weight is 428 g/mol. The lowest BCUT2D eigenvalue weighted by Crippen LogP contribution is -2.36. The molecule has 0 aliphatic carbocycles. The van der Waals surface area contributed by atoms with Crippen LogP contribution in [-0.4, -0.2) is 18.4 Å². The van der Waals surface area contributed by atoms with Crippen LogP contribution in [0.2, 0.25) is 0 Å². The van der Waals surface area contributed by atoms with Gasteiger partial charge in [-0.05, 0) is 23.3 Å². The number of benzene rings is 4. The second-order valence-electron chi connectivity index (χ2n) is 7.50. The molecule has 0 aromatic heterocycles. The Bertz CT molecular complexity index is 1140. The minimum absolute atomic E-state index is 0.0123. The highest BCUT2D eigenvalue weighted by molar-refractivity contribution is 7.79. The average Bonchev–Trinajstić information content (AvgIpc) is 2.85. The van der Waals surface area contributed by atoms with Crippen LogP contribution in [0.15, 0.2) is 115 Å². The molecule has 156 valence electrons. The maximum Gasteiger partial charge on any atom is 0.150 e. The molecule has 0 spiro atoms. The molecule has 1 atom stereocenters. The van der Waals surface area contributed by atoms with Crippen LogP contribution in [0.5, 0.6) is 5.75 Å². The Morgan fingerprint density at radius 1 is 0.710 bits per heavy atom. The zero-order valence-corrected chi connectivity index (χ0v) is 18.3. The van der Waals surface area contributed by atoms with Crippen LogP contribution in [0.4, 0.5) is 0 Å². The minimum Gasteiger partial charge on any atom is -0.496 e. The van der Waals surface area contributed by atoms with Crippen LogP contribution >= 0.6 is 7.14 Å². The highest BCUT2D eigenvalue weighted by Gasteiger charge is 2.42. The van der Waals surface area contributed by atoms with E-state index in [0.29, 0.717) is 27.5 Å². The molecular weight excluding hydrogens is 403 g/mol. The molecule has 0 fully saturated rings. The molecule has 0 aliphatic heterocycles. The molecule has 4 heteroatoms. The summed E-state index contributed by atoms with van der Waals surface area (Å²) in [6.07, 6.45) is 0.0123. The molecule has 0 saturated heterocycles. The van der Waals surface area contributed by atoms with Gasteiger partial charge in [0.2, 0.25) is 0 Å². The summed E-state index contributed by atoms with van der Waals surface area (Å²) in [4.78, 5) is 0. The molecule has 31 heavy (non-hydrogen) atoms. The molecule has 0 heterocycles. The van der Waals surface area contributed by atoms with Crippen molar-refractivity contribution in [1.29, 1.82) is 0 Å². The first-order valence-corrected chi connectivity index (χ1v) is 12.1. The van der Waals surface area contributed by atoms with Gasteiger partial charge >= 0.3 is 0 Å². The van der Waals surface area contributed by atoms with Crippen molar-refractivity contribution in [2.24, 2.45) is 0 Å². The zero-order chi connectivity index (χ0) is 21.7. The van der Waals surface area contributed by atoms with Crippen LogP contribution in [0.1, 0.15) is 11.1 Å². The summed E-state index contributed by atoms with van der Waals surface area (Å²) < 4.78 is 20.5. The van der Waals surface area contributed by atoms with Crippen LogP contribution in [0, 0.1) is 0 Å². The highest BCUT2D eigenvalue weighted by Crippen LogP contribution is 2.52.